The number of hydrogen-bond donors (Lipinski definition) is 2. The molecule has 0 aromatic carbocycles. The van der Waals surface area contributed by atoms with Gasteiger partial charge in [0.25, 0.3) is 0 Å². The Labute approximate surface area is 83.9 Å². The molecule has 0 amide bonds. The molecular formula is C10H16N4. The molecule has 0 unspecified atom stereocenters. The Morgan fingerprint density at radius 2 is 2.36 bits per heavy atom. The molecule has 0 spiro atoms. The molecule has 1 heterocycles. The lowest BCUT2D eigenvalue weighted by molar-refractivity contribution is 0.757. The Hall–Kier alpha value is -1.32. The van der Waals surface area contributed by atoms with Gasteiger partial charge in [0.15, 0.2) is 0 Å². The Morgan fingerprint density at radius 1 is 1.57 bits per heavy atom. The maximum atomic E-state index is 5.51. The molecule has 4 nitrogen and oxygen atoms in total. The van der Waals surface area contributed by atoms with Crippen LogP contribution in [0.1, 0.15) is 24.8 Å². The first-order chi connectivity index (χ1) is 6.75. The lowest BCUT2D eigenvalue weighted by Gasteiger charge is -2.07. The third kappa shape index (κ3) is 2.34. The van der Waals surface area contributed by atoms with Crippen molar-refractivity contribution in [3.8, 4) is 0 Å². The molecule has 14 heavy (non-hydrogen) atoms. The zero-order valence-electron chi connectivity index (χ0n) is 8.45. The predicted molar refractivity (Wildman–Crippen MR) is 57.0 cm³/mol. The van der Waals surface area contributed by atoms with Crippen LogP contribution in [0.15, 0.2) is 6.20 Å². The highest BCUT2D eigenvalue weighted by Gasteiger charge is 2.20. The zero-order valence-corrected chi connectivity index (χ0v) is 8.45. The van der Waals surface area contributed by atoms with Crippen molar-refractivity contribution in [2.24, 2.45) is 5.92 Å². The van der Waals surface area contributed by atoms with Crippen molar-refractivity contribution < 1.29 is 0 Å². The Bertz CT molecular complexity index is 320. The fraction of sp³-hybridized carbons (Fsp3) is 0.600. The van der Waals surface area contributed by atoms with Gasteiger partial charge in [-0.2, -0.15) is 4.98 Å². The molecule has 4 heteroatoms. The van der Waals surface area contributed by atoms with Gasteiger partial charge >= 0.3 is 0 Å². The first-order valence-electron chi connectivity index (χ1n) is 5.08. The molecule has 1 aromatic rings. The van der Waals surface area contributed by atoms with Crippen LogP contribution in [-0.4, -0.2) is 16.5 Å². The van der Waals surface area contributed by atoms with Gasteiger partial charge in [-0.3, -0.25) is 0 Å². The van der Waals surface area contributed by atoms with Gasteiger partial charge in [-0.05, 0) is 19.3 Å². The van der Waals surface area contributed by atoms with Gasteiger partial charge in [0, 0.05) is 18.3 Å². The summed E-state index contributed by atoms with van der Waals surface area (Å²) >= 11 is 0. The van der Waals surface area contributed by atoms with Crippen molar-refractivity contribution in [1.29, 1.82) is 0 Å². The predicted octanol–water partition coefficient (Wildman–Crippen LogP) is 1.58. The smallest absolute Gasteiger partial charge is 0.221 e. The number of aryl methyl sites for hydroxylation is 1. The minimum Gasteiger partial charge on any atom is -0.370 e. The maximum absolute atomic E-state index is 5.51. The standard InChI is InChI=1S/C10H16N4/c1-7-6-13-10(11)14-9(7)12-5-4-8-2-3-8/h6,8H,2-5H2,1H3,(H3,11,12,13,14). The van der Waals surface area contributed by atoms with E-state index in [1.54, 1.807) is 6.20 Å². The molecule has 0 atom stereocenters. The van der Waals surface area contributed by atoms with Gasteiger partial charge in [-0.1, -0.05) is 12.8 Å². The fourth-order valence-electron chi connectivity index (χ4n) is 1.44. The van der Waals surface area contributed by atoms with E-state index >= 15 is 0 Å². The molecule has 1 aromatic heterocycles. The second kappa shape index (κ2) is 3.82. The molecule has 1 aliphatic rings. The highest BCUT2D eigenvalue weighted by atomic mass is 15.1. The molecule has 1 saturated carbocycles. The number of anilines is 2. The number of rotatable bonds is 4. The molecule has 1 aliphatic carbocycles. The summed E-state index contributed by atoms with van der Waals surface area (Å²) < 4.78 is 0. The Morgan fingerprint density at radius 3 is 3.07 bits per heavy atom. The van der Waals surface area contributed by atoms with Gasteiger partial charge in [0.1, 0.15) is 5.82 Å². The molecule has 0 aliphatic heterocycles. The number of nitrogen functional groups attached to an aromatic ring is 1. The van der Waals surface area contributed by atoms with E-state index in [9.17, 15) is 0 Å². The maximum Gasteiger partial charge on any atom is 0.221 e. The highest BCUT2D eigenvalue weighted by molar-refractivity contribution is 5.44. The highest BCUT2D eigenvalue weighted by Crippen LogP contribution is 2.32. The number of nitrogens with two attached hydrogens (primary N) is 1. The van der Waals surface area contributed by atoms with E-state index in [0.717, 1.165) is 23.8 Å². The third-order valence-corrected chi connectivity index (χ3v) is 2.53. The second-order valence-electron chi connectivity index (χ2n) is 3.92. The van der Waals surface area contributed by atoms with E-state index in [-0.39, 0.29) is 0 Å². The summed E-state index contributed by atoms with van der Waals surface area (Å²) in [6, 6.07) is 0. The summed E-state index contributed by atoms with van der Waals surface area (Å²) in [5.74, 6) is 2.16. The van der Waals surface area contributed by atoms with Crippen molar-refractivity contribution in [1.82, 2.24) is 9.97 Å². The van der Waals surface area contributed by atoms with E-state index < -0.39 is 0 Å². The van der Waals surface area contributed by atoms with E-state index in [1.165, 1.54) is 19.3 Å². The van der Waals surface area contributed by atoms with Crippen LogP contribution >= 0.6 is 0 Å². The van der Waals surface area contributed by atoms with Crippen molar-refractivity contribution in [2.75, 3.05) is 17.6 Å². The fourth-order valence-corrected chi connectivity index (χ4v) is 1.44. The van der Waals surface area contributed by atoms with Gasteiger partial charge in [0.2, 0.25) is 5.95 Å². The molecule has 76 valence electrons. The summed E-state index contributed by atoms with van der Waals surface area (Å²) in [6.07, 6.45) is 5.78. The van der Waals surface area contributed by atoms with Crippen LogP contribution in [0.5, 0.6) is 0 Å². The molecule has 0 radical (unpaired) electrons. The van der Waals surface area contributed by atoms with E-state index in [0.29, 0.717) is 5.95 Å². The van der Waals surface area contributed by atoms with Gasteiger partial charge in [-0.15, -0.1) is 0 Å². The number of hydrogen-bond acceptors (Lipinski definition) is 4. The summed E-state index contributed by atoms with van der Waals surface area (Å²) in [4.78, 5) is 8.07. The lowest BCUT2D eigenvalue weighted by atomic mass is 10.3. The lowest BCUT2D eigenvalue weighted by Crippen LogP contribution is -2.07. The Balaban J connectivity index is 1.89. The summed E-state index contributed by atoms with van der Waals surface area (Å²) in [5, 5.41) is 3.29. The topological polar surface area (TPSA) is 63.8 Å². The van der Waals surface area contributed by atoms with E-state index in [1.807, 2.05) is 6.92 Å². The normalized spacial score (nSPS) is 15.5. The van der Waals surface area contributed by atoms with Crippen molar-refractivity contribution >= 4 is 11.8 Å². The van der Waals surface area contributed by atoms with Crippen molar-refractivity contribution in [3.63, 3.8) is 0 Å². The number of nitrogens with zero attached hydrogens (tertiary/aromatic N) is 2. The van der Waals surface area contributed by atoms with Crippen LogP contribution in [-0.2, 0) is 0 Å². The summed E-state index contributed by atoms with van der Waals surface area (Å²) in [6.45, 7) is 2.97. The SMILES string of the molecule is Cc1cnc(N)nc1NCCC1CC1. The van der Waals surface area contributed by atoms with Crippen LogP contribution in [0.2, 0.25) is 0 Å². The minimum absolute atomic E-state index is 0.338. The monoisotopic (exact) mass is 192 g/mol. The van der Waals surface area contributed by atoms with Crippen LogP contribution in [0.3, 0.4) is 0 Å². The molecular weight excluding hydrogens is 176 g/mol. The number of aromatic nitrogens is 2. The van der Waals surface area contributed by atoms with Gasteiger partial charge in [0.05, 0.1) is 0 Å². The van der Waals surface area contributed by atoms with Crippen LogP contribution < -0.4 is 11.1 Å². The van der Waals surface area contributed by atoms with Crippen molar-refractivity contribution in [2.45, 2.75) is 26.2 Å². The first kappa shape index (κ1) is 9.24. The quantitative estimate of drug-likeness (QED) is 0.760. The first-order valence-corrected chi connectivity index (χ1v) is 5.08. The largest absolute Gasteiger partial charge is 0.370 e. The van der Waals surface area contributed by atoms with Crippen LogP contribution in [0, 0.1) is 12.8 Å². The third-order valence-electron chi connectivity index (χ3n) is 2.53. The molecule has 3 N–H and O–H groups in total. The van der Waals surface area contributed by atoms with E-state index in [4.69, 9.17) is 5.73 Å². The number of nitrogens with one attached hydrogen (secondary N) is 1. The Kier molecular flexibility index (Phi) is 2.52. The summed E-state index contributed by atoms with van der Waals surface area (Å²) in [7, 11) is 0. The molecule has 1 fully saturated rings. The molecule has 2 rings (SSSR count). The van der Waals surface area contributed by atoms with Crippen molar-refractivity contribution in [3.05, 3.63) is 11.8 Å². The average Bonchev–Trinajstić information content (AvgIpc) is 2.95. The second-order valence-corrected chi connectivity index (χ2v) is 3.92. The van der Waals surface area contributed by atoms with Gasteiger partial charge in [-0.25, -0.2) is 4.98 Å². The van der Waals surface area contributed by atoms with E-state index in [2.05, 4.69) is 15.3 Å². The van der Waals surface area contributed by atoms with Crippen LogP contribution in [0.25, 0.3) is 0 Å². The minimum atomic E-state index is 0.338. The molecule has 0 saturated heterocycles. The van der Waals surface area contributed by atoms with Gasteiger partial charge < -0.3 is 11.1 Å². The summed E-state index contributed by atoms with van der Waals surface area (Å²) in [5.41, 5.74) is 6.56. The van der Waals surface area contributed by atoms with Crippen LogP contribution in [0.4, 0.5) is 11.8 Å². The average molecular weight is 192 g/mol. The molecule has 0 bridgehead atoms. The zero-order chi connectivity index (χ0) is 9.97.